The van der Waals surface area contributed by atoms with Gasteiger partial charge in [-0.1, -0.05) is 23.7 Å². The van der Waals surface area contributed by atoms with Gasteiger partial charge in [0.25, 0.3) is 0 Å². The number of nitrogens with one attached hydrogen (secondary N) is 1. The number of carbonyl (C=O) groups excluding carboxylic acids is 1. The van der Waals surface area contributed by atoms with E-state index in [0.29, 0.717) is 22.9 Å². The summed E-state index contributed by atoms with van der Waals surface area (Å²) in [5.41, 5.74) is 1.84. The van der Waals surface area contributed by atoms with E-state index in [2.05, 4.69) is 5.32 Å². The Bertz CT molecular complexity index is 820. The lowest BCUT2D eigenvalue weighted by atomic mass is 10.1. The molecule has 1 N–H and O–H groups in total. The molecule has 0 fully saturated rings. The summed E-state index contributed by atoms with van der Waals surface area (Å²) in [4.78, 5) is 12.2. The summed E-state index contributed by atoms with van der Waals surface area (Å²) in [5.74, 6) is 1.59. The molecule has 0 aliphatic rings. The molecule has 0 heterocycles. The van der Waals surface area contributed by atoms with Crippen LogP contribution in [0.2, 0.25) is 5.02 Å². The van der Waals surface area contributed by atoms with Crippen molar-refractivity contribution in [1.82, 2.24) is 5.32 Å². The van der Waals surface area contributed by atoms with E-state index in [9.17, 15) is 4.79 Å². The van der Waals surface area contributed by atoms with E-state index < -0.39 is 0 Å². The molecule has 0 bridgehead atoms. The first-order valence-corrected chi connectivity index (χ1v) is 8.87. The number of halogens is 1. The first kappa shape index (κ1) is 20.6. The lowest BCUT2D eigenvalue weighted by Crippen LogP contribution is -2.32. The van der Waals surface area contributed by atoms with Crippen LogP contribution in [0, 0.1) is 0 Å². The smallest absolute Gasteiger partial charge is 0.244 e. The maximum absolute atomic E-state index is 12.2. The molecule has 144 valence electrons. The fraction of sp³-hybridized carbons (Fsp3) is 0.286. The van der Waals surface area contributed by atoms with E-state index >= 15 is 0 Å². The van der Waals surface area contributed by atoms with Gasteiger partial charge in [0.15, 0.2) is 11.5 Å². The fourth-order valence-electron chi connectivity index (χ4n) is 2.70. The minimum absolute atomic E-state index is 0.0248. The number of hydrogen-bond acceptors (Lipinski definition) is 4. The summed E-state index contributed by atoms with van der Waals surface area (Å²) in [5, 5.41) is 3.37. The molecule has 2 aromatic rings. The van der Waals surface area contributed by atoms with E-state index in [4.69, 9.17) is 25.8 Å². The van der Waals surface area contributed by atoms with Crippen LogP contribution >= 0.6 is 11.6 Å². The third-order valence-corrected chi connectivity index (χ3v) is 4.23. The molecule has 6 heteroatoms. The van der Waals surface area contributed by atoms with Crippen molar-refractivity contribution in [2.75, 3.05) is 21.3 Å². The van der Waals surface area contributed by atoms with E-state index in [1.165, 1.54) is 20.3 Å². The summed E-state index contributed by atoms with van der Waals surface area (Å²) < 4.78 is 15.7. The molecule has 0 aromatic heterocycles. The number of hydrogen-bond donors (Lipinski definition) is 1. The monoisotopic (exact) mass is 389 g/mol. The van der Waals surface area contributed by atoms with Crippen LogP contribution in [0.25, 0.3) is 6.08 Å². The second kappa shape index (κ2) is 9.88. The molecule has 2 aromatic carbocycles. The van der Waals surface area contributed by atoms with Crippen LogP contribution in [-0.2, 0) is 11.2 Å². The van der Waals surface area contributed by atoms with Crippen LogP contribution in [0.3, 0.4) is 0 Å². The highest BCUT2D eigenvalue weighted by atomic mass is 35.5. The standard InChI is InChI=1S/C21H24ClNO4/c1-14(10-15-6-5-7-17(11-15)25-2)23-20(24)9-8-16-12-18(22)21(27-4)19(13-16)26-3/h5-9,11-14H,10H2,1-4H3,(H,23,24)/b9-8+. The third-order valence-electron chi connectivity index (χ3n) is 3.95. The van der Waals surface area contributed by atoms with E-state index in [1.807, 2.05) is 31.2 Å². The lowest BCUT2D eigenvalue weighted by molar-refractivity contribution is -0.117. The summed E-state index contributed by atoms with van der Waals surface area (Å²) in [7, 11) is 4.70. The molecule has 0 radical (unpaired) electrons. The van der Waals surface area contributed by atoms with Crippen LogP contribution < -0.4 is 19.5 Å². The second-order valence-electron chi connectivity index (χ2n) is 6.04. The van der Waals surface area contributed by atoms with Crippen molar-refractivity contribution < 1.29 is 19.0 Å². The summed E-state index contributed by atoms with van der Waals surface area (Å²) >= 11 is 6.18. The average molecular weight is 390 g/mol. The highest BCUT2D eigenvalue weighted by Gasteiger charge is 2.10. The van der Waals surface area contributed by atoms with Crippen LogP contribution in [-0.4, -0.2) is 33.3 Å². The van der Waals surface area contributed by atoms with Gasteiger partial charge in [-0.3, -0.25) is 4.79 Å². The highest BCUT2D eigenvalue weighted by Crippen LogP contribution is 2.36. The minimum Gasteiger partial charge on any atom is -0.497 e. The van der Waals surface area contributed by atoms with E-state index in [1.54, 1.807) is 25.3 Å². The van der Waals surface area contributed by atoms with Gasteiger partial charge in [-0.25, -0.2) is 0 Å². The number of carbonyl (C=O) groups is 1. The molecule has 1 amide bonds. The Balaban J connectivity index is 1.99. The Labute approximate surface area is 164 Å². The van der Waals surface area contributed by atoms with Gasteiger partial charge in [0, 0.05) is 12.1 Å². The van der Waals surface area contributed by atoms with Crippen LogP contribution in [0.1, 0.15) is 18.1 Å². The first-order chi connectivity index (χ1) is 13.0. The van der Waals surface area contributed by atoms with Gasteiger partial charge in [0.1, 0.15) is 5.75 Å². The maximum atomic E-state index is 12.2. The van der Waals surface area contributed by atoms with Gasteiger partial charge in [-0.2, -0.15) is 0 Å². The Morgan fingerprint density at radius 2 is 1.93 bits per heavy atom. The maximum Gasteiger partial charge on any atom is 0.244 e. The molecule has 0 saturated carbocycles. The number of benzene rings is 2. The van der Waals surface area contributed by atoms with Gasteiger partial charge in [0.2, 0.25) is 5.91 Å². The third kappa shape index (κ3) is 5.93. The van der Waals surface area contributed by atoms with Gasteiger partial charge in [0.05, 0.1) is 26.4 Å². The average Bonchev–Trinajstić information content (AvgIpc) is 2.65. The van der Waals surface area contributed by atoms with Crippen LogP contribution in [0.4, 0.5) is 0 Å². The molecule has 0 aliphatic heterocycles. The van der Waals surface area contributed by atoms with Crippen molar-refractivity contribution in [2.24, 2.45) is 0 Å². The lowest BCUT2D eigenvalue weighted by Gasteiger charge is -2.13. The number of amides is 1. The molecule has 0 saturated heterocycles. The quantitative estimate of drug-likeness (QED) is 0.690. The van der Waals surface area contributed by atoms with Crippen molar-refractivity contribution in [3.8, 4) is 17.2 Å². The highest BCUT2D eigenvalue weighted by molar-refractivity contribution is 6.32. The number of methoxy groups -OCH3 is 3. The Morgan fingerprint density at radius 3 is 2.59 bits per heavy atom. The topological polar surface area (TPSA) is 56.8 Å². The van der Waals surface area contributed by atoms with Crippen molar-refractivity contribution in [1.29, 1.82) is 0 Å². The van der Waals surface area contributed by atoms with Gasteiger partial charge < -0.3 is 19.5 Å². The minimum atomic E-state index is -0.184. The van der Waals surface area contributed by atoms with Crippen LogP contribution in [0.5, 0.6) is 17.2 Å². The fourth-order valence-corrected chi connectivity index (χ4v) is 3.00. The predicted octanol–water partition coefficient (Wildman–Crippen LogP) is 4.13. The van der Waals surface area contributed by atoms with Crippen LogP contribution in [0.15, 0.2) is 42.5 Å². The zero-order chi connectivity index (χ0) is 19.8. The second-order valence-corrected chi connectivity index (χ2v) is 6.44. The molecule has 2 rings (SSSR count). The normalized spacial score (nSPS) is 11.9. The largest absolute Gasteiger partial charge is 0.497 e. The molecule has 1 atom stereocenters. The molecular weight excluding hydrogens is 366 g/mol. The van der Waals surface area contributed by atoms with Crippen molar-refractivity contribution in [3.05, 3.63) is 58.6 Å². The molecule has 0 aliphatic carbocycles. The Hall–Kier alpha value is -2.66. The molecule has 5 nitrogen and oxygen atoms in total. The van der Waals surface area contributed by atoms with E-state index in [-0.39, 0.29) is 11.9 Å². The molecule has 0 spiro atoms. The summed E-state index contributed by atoms with van der Waals surface area (Å²) in [6.07, 6.45) is 3.86. The van der Waals surface area contributed by atoms with E-state index in [0.717, 1.165) is 16.9 Å². The van der Waals surface area contributed by atoms with Gasteiger partial charge in [-0.15, -0.1) is 0 Å². The number of rotatable bonds is 8. The summed E-state index contributed by atoms with van der Waals surface area (Å²) in [6.45, 7) is 1.96. The summed E-state index contributed by atoms with van der Waals surface area (Å²) in [6, 6.07) is 11.2. The zero-order valence-electron chi connectivity index (χ0n) is 15.9. The van der Waals surface area contributed by atoms with Gasteiger partial charge >= 0.3 is 0 Å². The SMILES string of the molecule is COc1cccc(CC(C)NC(=O)/C=C/c2cc(Cl)c(OC)c(OC)c2)c1. The Kier molecular flexibility index (Phi) is 7.55. The Morgan fingerprint density at radius 1 is 1.15 bits per heavy atom. The molecule has 27 heavy (non-hydrogen) atoms. The van der Waals surface area contributed by atoms with Crippen molar-refractivity contribution >= 4 is 23.6 Å². The van der Waals surface area contributed by atoms with Crippen molar-refractivity contribution in [2.45, 2.75) is 19.4 Å². The number of ether oxygens (including phenoxy) is 3. The predicted molar refractivity (Wildman–Crippen MR) is 108 cm³/mol. The molecule has 1 unspecified atom stereocenters. The van der Waals surface area contributed by atoms with Crippen molar-refractivity contribution in [3.63, 3.8) is 0 Å². The zero-order valence-corrected chi connectivity index (χ0v) is 16.7. The first-order valence-electron chi connectivity index (χ1n) is 8.49. The van der Waals surface area contributed by atoms with Gasteiger partial charge in [-0.05, 0) is 54.8 Å². The molecular formula is C21H24ClNO4.